The molecular formula is C65H101NO14. The van der Waals surface area contributed by atoms with Gasteiger partial charge in [-0.05, 0) is 98.9 Å². The Kier molecular flexibility index (Phi) is 26.2. The quantitative estimate of drug-likeness (QED) is 0.0694. The predicted octanol–water partition coefficient (Wildman–Crippen LogP) is 11.7. The first-order valence-electron chi connectivity index (χ1n) is 30.1. The van der Waals surface area contributed by atoms with Crippen LogP contribution in [0, 0.1) is 37.9 Å². The molecule has 80 heavy (non-hydrogen) atoms. The van der Waals surface area contributed by atoms with Crippen molar-refractivity contribution in [3.63, 3.8) is 0 Å². The van der Waals surface area contributed by atoms with Crippen molar-refractivity contribution in [3.05, 3.63) is 78.9 Å². The Morgan fingerprint density at radius 2 is 0.713 bits per heavy atom. The van der Waals surface area contributed by atoms with Gasteiger partial charge in [-0.1, -0.05) is 104 Å². The molecule has 0 spiro atoms. The number of nitrogens with one attached hydrogen (secondary N) is 1. The van der Waals surface area contributed by atoms with Gasteiger partial charge in [0.25, 0.3) is 0 Å². The number of carbonyl (C=O) groups excluding carboxylic acids is 1. The summed E-state index contributed by atoms with van der Waals surface area (Å²) in [5, 5.41) is 11.5. The first-order chi connectivity index (χ1) is 38.8. The van der Waals surface area contributed by atoms with Crippen LogP contribution in [0.5, 0.6) is 17.2 Å². The van der Waals surface area contributed by atoms with Gasteiger partial charge in [-0.3, -0.25) is 0 Å². The Bertz CT molecular complexity index is 2030. The minimum atomic E-state index is -0.303. The van der Waals surface area contributed by atoms with Crippen LogP contribution in [0.1, 0.15) is 113 Å². The lowest BCUT2D eigenvalue weighted by Gasteiger charge is -2.44. The molecule has 3 aromatic rings. The van der Waals surface area contributed by atoms with Gasteiger partial charge in [0.1, 0.15) is 23.9 Å². The van der Waals surface area contributed by atoms with Gasteiger partial charge in [-0.25, -0.2) is 4.79 Å². The fourth-order valence-corrected chi connectivity index (χ4v) is 9.31. The van der Waals surface area contributed by atoms with E-state index < -0.39 is 0 Å². The maximum Gasteiger partial charge on any atom is 0.407 e. The molecule has 0 atom stereocenters. The summed E-state index contributed by atoms with van der Waals surface area (Å²) in [4.78, 5) is 11.2. The van der Waals surface area contributed by atoms with E-state index in [1.54, 1.807) is 0 Å². The molecule has 10 rings (SSSR count). The van der Waals surface area contributed by atoms with Gasteiger partial charge in [-0.2, -0.15) is 0 Å². The van der Waals surface area contributed by atoms with E-state index in [9.17, 15) is 4.79 Å². The zero-order valence-electron chi connectivity index (χ0n) is 50.2. The van der Waals surface area contributed by atoms with Crippen LogP contribution in [0.2, 0.25) is 0 Å². The molecule has 450 valence electrons. The van der Waals surface area contributed by atoms with E-state index in [-0.39, 0.29) is 39.8 Å². The summed E-state index contributed by atoms with van der Waals surface area (Å²) in [6.07, 6.45) is 9.41. The first-order valence-corrected chi connectivity index (χ1v) is 30.1. The Morgan fingerprint density at radius 3 is 0.975 bits per heavy atom. The monoisotopic (exact) mass is 1120 g/mol. The highest BCUT2D eigenvalue weighted by atomic mass is 16.6. The fraction of sp³-hybridized carbons (Fsp3) is 0.708. The van der Waals surface area contributed by atoms with E-state index in [2.05, 4.69) is 85.0 Å². The third-order valence-electron chi connectivity index (χ3n) is 17.8. The van der Waals surface area contributed by atoms with Crippen molar-refractivity contribution in [2.24, 2.45) is 37.9 Å². The van der Waals surface area contributed by atoms with Crippen molar-refractivity contribution < 1.29 is 66.7 Å². The van der Waals surface area contributed by atoms with E-state index in [4.69, 9.17) is 61.9 Å². The molecule has 7 heterocycles. The Hall–Kier alpha value is -4.03. The van der Waals surface area contributed by atoms with Crippen LogP contribution in [-0.2, 0) is 42.6 Å². The summed E-state index contributed by atoms with van der Waals surface area (Å²) in [6, 6.07) is 26.6. The summed E-state index contributed by atoms with van der Waals surface area (Å²) in [7, 11) is 0. The molecule has 1 amide bonds. The van der Waals surface area contributed by atoms with E-state index in [1.807, 2.05) is 54.6 Å². The molecule has 0 unspecified atom stereocenters. The van der Waals surface area contributed by atoms with Gasteiger partial charge in [0.05, 0.1) is 154 Å². The van der Waals surface area contributed by atoms with Gasteiger partial charge in [-0.15, -0.1) is 0 Å². The molecule has 7 fully saturated rings. The summed E-state index contributed by atoms with van der Waals surface area (Å²) < 4.78 is 65.4. The maximum atomic E-state index is 11.2. The van der Waals surface area contributed by atoms with E-state index in [0.29, 0.717) is 37.2 Å². The second-order valence-corrected chi connectivity index (χ2v) is 24.2. The second kappa shape index (κ2) is 32.1. The van der Waals surface area contributed by atoms with Crippen LogP contribution >= 0.6 is 0 Å². The molecule has 7 aliphatic rings. The van der Waals surface area contributed by atoms with Gasteiger partial charge in [0.2, 0.25) is 0 Å². The van der Waals surface area contributed by atoms with Crippen molar-refractivity contribution in [2.75, 3.05) is 145 Å². The molecule has 7 saturated heterocycles. The smallest absolute Gasteiger partial charge is 0.407 e. The highest BCUT2D eigenvalue weighted by Gasteiger charge is 2.43. The number of carbonyl (C=O) groups is 1. The topological polar surface area (TPSA) is 160 Å². The van der Waals surface area contributed by atoms with Crippen LogP contribution in [-0.4, -0.2) is 156 Å². The molecule has 7 aliphatic heterocycles. The standard InChI is InChI=1S/C24H30O4.C12H22O3.C12H16O2.C11H21NO3.C6H12O2/c1-3-23(13-25-14-23)17-27-21-9-5-19(6-10-21)20-7-11-22(12-8-20)28-18-24(4-2)15-26-16-24;1-3-11(5-13-6-11)9-15-10-12(4-2)7-14-8-12;1-2-12(8-13-9-12)10-14-11-6-4-3-5-7-11;1-3-5-6-12-10(13)15-9-11(4-2)7-14-8-11;1-2-6(3-7)4-8-5-6/h5-12H,3-4,13-18H2,1-2H3;3-10H2,1-2H3;3-7H,2,8-10H2,1H3;3-9H2,1-2H3,(H,12,13);7H,2-5H2,1H3. The van der Waals surface area contributed by atoms with E-state index in [0.717, 1.165) is 187 Å². The summed E-state index contributed by atoms with van der Waals surface area (Å²) >= 11 is 0. The lowest BCUT2D eigenvalue weighted by Crippen LogP contribution is -2.49. The third-order valence-corrected chi connectivity index (χ3v) is 17.8. The highest BCUT2D eigenvalue weighted by molar-refractivity contribution is 5.67. The average Bonchev–Trinajstić information content (AvgIpc) is 3.41. The van der Waals surface area contributed by atoms with Gasteiger partial charge < -0.3 is 67.3 Å². The van der Waals surface area contributed by atoms with Crippen molar-refractivity contribution >= 4 is 6.09 Å². The molecule has 0 bridgehead atoms. The van der Waals surface area contributed by atoms with Gasteiger partial charge >= 0.3 is 6.09 Å². The van der Waals surface area contributed by atoms with Crippen LogP contribution in [0.15, 0.2) is 78.9 Å². The summed E-state index contributed by atoms with van der Waals surface area (Å²) in [5.41, 5.74) is 3.89. The zero-order chi connectivity index (χ0) is 57.3. The number of alkyl carbamates (subject to hydrolysis) is 1. The maximum absolute atomic E-state index is 11.2. The number of amides is 1. The SMILES string of the molecule is CCC1(CO)COC1.CCC1(COCC2(CC)COC2)COC1.CCC1(COc2ccc(-c3ccc(OCC4(CC)COC4)cc3)cc2)COC1.CCC1(COc2ccccc2)COC1.CCCCNC(=O)OCC1(CC)COC1. The number of benzene rings is 3. The normalized spacial score (nSPS) is 20.9. The molecular weight excluding hydrogens is 1020 g/mol. The number of aliphatic hydroxyl groups is 1. The summed E-state index contributed by atoms with van der Waals surface area (Å²) in [6.45, 7) is 34.0. The van der Waals surface area contributed by atoms with Crippen LogP contribution < -0.4 is 19.5 Å². The van der Waals surface area contributed by atoms with Gasteiger partial charge in [0, 0.05) is 22.8 Å². The number of para-hydroxylation sites is 1. The van der Waals surface area contributed by atoms with Crippen molar-refractivity contribution in [2.45, 2.75) is 113 Å². The number of ether oxygens (including phenoxy) is 12. The largest absolute Gasteiger partial charge is 0.493 e. The molecule has 15 nitrogen and oxygen atoms in total. The number of unbranched alkanes of at least 4 members (excludes halogenated alkanes) is 1. The van der Waals surface area contributed by atoms with Crippen molar-refractivity contribution in [3.8, 4) is 28.4 Å². The highest BCUT2D eigenvalue weighted by Crippen LogP contribution is 2.38. The van der Waals surface area contributed by atoms with E-state index >= 15 is 0 Å². The van der Waals surface area contributed by atoms with Crippen LogP contribution in [0.25, 0.3) is 11.1 Å². The average molecular weight is 1120 g/mol. The molecule has 0 radical (unpaired) electrons. The van der Waals surface area contributed by atoms with Gasteiger partial charge in [0.15, 0.2) is 0 Å². The third kappa shape index (κ3) is 18.7. The Labute approximate surface area is 480 Å². The lowest BCUT2D eigenvalue weighted by atomic mass is 9.83. The molecule has 3 aromatic carbocycles. The van der Waals surface area contributed by atoms with Crippen LogP contribution in [0.3, 0.4) is 0 Å². The first kappa shape index (κ1) is 65.1. The molecule has 15 heteroatoms. The Balaban J connectivity index is 0.000000171. The predicted molar refractivity (Wildman–Crippen MR) is 312 cm³/mol. The minimum Gasteiger partial charge on any atom is -0.493 e. The zero-order valence-corrected chi connectivity index (χ0v) is 50.2. The molecule has 0 saturated carbocycles. The van der Waals surface area contributed by atoms with Crippen LogP contribution in [0.4, 0.5) is 4.79 Å². The molecule has 2 N–H and O–H groups in total. The van der Waals surface area contributed by atoms with Crippen molar-refractivity contribution in [1.82, 2.24) is 5.32 Å². The number of rotatable bonds is 27. The minimum absolute atomic E-state index is 0.0854. The Morgan fingerprint density at radius 1 is 0.412 bits per heavy atom. The fourth-order valence-electron chi connectivity index (χ4n) is 9.31. The number of hydrogen-bond donors (Lipinski definition) is 2. The molecule has 0 aliphatic carbocycles. The van der Waals surface area contributed by atoms with Crippen molar-refractivity contribution in [1.29, 1.82) is 0 Å². The number of hydrogen-bond acceptors (Lipinski definition) is 14. The summed E-state index contributed by atoms with van der Waals surface area (Å²) in [5.74, 6) is 2.78. The molecule has 0 aromatic heterocycles. The second-order valence-electron chi connectivity index (χ2n) is 24.2. The van der Waals surface area contributed by atoms with E-state index in [1.165, 1.54) is 11.1 Å². The lowest BCUT2D eigenvalue weighted by molar-refractivity contribution is -0.187. The number of aliphatic hydroxyl groups excluding tert-OH is 1.